The third-order valence-electron chi connectivity index (χ3n) is 5.49. The molecule has 0 aromatic carbocycles. The average molecular weight is 358 g/mol. The first-order valence-electron chi connectivity index (χ1n) is 8.92. The highest BCUT2D eigenvalue weighted by Gasteiger charge is 2.32. The number of amides is 1. The smallest absolute Gasteiger partial charge is 0.254 e. The number of pyridine rings is 1. The molecule has 1 fully saturated rings. The predicted octanol–water partition coefficient (Wildman–Crippen LogP) is 1.76. The number of carbonyl (C=O) groups excluding carboxylic acids is 1. The fraction of sp³-hybridized carbons (Fsp3) is 0.500. The van der Waals surface area contributed by atoms with E-state index in [1.165, 1.54) is 0 Å². The minimum Gasteiger partial charge on any atom is -0.363 e. The van der Waals surface area contributed by atoms with Crippen molar-refractivity contribution in [3.8, 4) is 11.3 Å². The molecular formula is C18H23FN6O. The second kappa shape index (κ2) is 6.35. The summed E-state index contributed by atoms with van der Waals surface area (Å²) in [5, 5.41) is 10.2. The van der Waals surface area contributed by atoms with Crippen LogP contribution >= 0.6 is 0 Å². The first-order valence-corrected chi connectivity index (χ1v) is 8.92. The van der Waals surface area contributed by atoms with E-state index in [9.17, 15) is 4.79 Å². The number of nitrogens with zero attached hydrogens (tertiary/aromatic N) is 4. The van der Waals surface area contributed by atoms with E-state index in [0.29, 0.717) is 22.4 Å². The molecule has 0 aliphatic carbocycles. The molecule has 2 aromatic rings. The lowest BCUT2D eigenvalue weighted by atomic mass is 9.97. The molecular weight excluding hydrogens is 335 g/mol. The largest absolute Gasteiger partial charge is 0.363 e. The van der Waals surface area contributed by atoms with Crippen LogP contribution in [0.15, 0.2) is 12.4 Å². The number of halogens is 1. The number of carbonyl (C=O) groups is 1. The maximum absolute atomic E-state index is 15.1. The van der Waals surface area contributed by atoms with Gasteiger partial charge in [0.1, 0.15) is 0 Å². The maximum Gasteiger partial charge on any atom is 0.254 e. The maximum atomic E-state index is 15.1. The number of hydrogen-bond donors (Lipinski definition) is 2. The van der Waals surface area contributed by atoms with Crippen molar-refractivity contribution >= 4 is 11.7 Å². The van der Waals surface area contributed by atoms with Crippen LogP contribution in [0.2, 0.25) is 0 Å². The minimum absolute atomic E-state index is 0.112. The van der Waals surface area contributed by atoms with Gasteiger partial charge >= 0.3 is 0 Å². The van der Waals surface area contributed by atoms with Crippen molar-refractivity contribution in [2.24, 2.45) is 7.05 Å². The average Bonchev–Trinajstić information content (AvgIpc) is 3.21. The van der Waals surface area contributed by atoms with Gasteiger partial charge in [0.25, 0.3) is 5.91 Å². The van der Waals surface area contributed by atoms with Crippen molar-refractivity contribution in [1.29, 1.82) is 0 Å². The summed E-state index contributed by atoms with van der Waals surface area (Å²) >= 11 is 0. The van der Waals surface area contributed by atoms with Crippen molar-refractivity contribution in [2.75, 3.05) is 18.9 Å². The summed E-state index contributed by atoms with van der Waals surface area (Å²) in [6, 6.07) is 0.389. The van der Waals surface area contributed by atoms with Gasteiger partial charge in [-0.2, -0.15) is 5.10 Å². The Labute approximate surface area is 151 Å². The van der Waals surface area contributed by atoms with Gasteiger partial charge in [-0.15, -0.1) is 0 Å². The lowest BCUT2D eigenvalue weighted by Gasteiger charge is -2.37. The predicted molar refractivity (Wildman–Crippen MR) is 96.3 cm³/mol. The Kier molecular flexibility index (Phi) is 4.14. The van der Waals surface area contributed by atoms with Crippen LogP contribution < -0.4 is 10.6 Å². The molecule has 0 spiro atoms. The van der Waals surface area contributed by atoms with Gasteiger partial charge in [0.15, 0.2) is 11.6 Å². The number of aromatic nitrogens is 3. The Morgan fingerprint density at radius 1 is 1.38 bits per heavy atom. The van der Waals surface area contributed by atoms with E-state index in [1.807, 2.05) is 0 Å². The van der Waals surface area contributed by atoms with Crippen molar-refractivity contribution in [1.82, 2.24) is 25.0 Å². The summed E-state index contributed by atoms with van der Waals surface area (Å²) in [7, 11) is 3.88. The Bertz CT molecular complexity index is 864. The van der Waals surface area contributed by atoms with Crippen LogP contribution in [0.4, 0.5) is 10.2 Å². The highest BCUT2D eigenvalue weighted by atomic mass is 19.1. The summed E-state index contributed by atoms with van der Waals surface area (Å²) in [6.45, 7) is 3.36. The second-order valence-corrected chi connectivity index (χ2v) is 7.18. The molecule has 8 heteroatoms. The summed E-state index contributed by atoms with van der Waals surface area (Å²) in [4.78, 5) is 19.0. The number of anilines is 1. The topological polar surface area (TPSA) is 75.1 Å². The quantitative estimate of drug-likeness (QED) is 0.875. The van der Waals surface area contributed by atoms with Gasteiger partial charge in [0.2, 0.25) is 0 Å². The summed E-state index contributed by atoms with van der Waals surface area (Å²) in [5.74, 6) is -0.514. The van der Waals surface area contributed by atoms with Gasteiger partial charge in [-0.3, -0.25) is 9.48 Å². The second-order valence-electron chi connectivity index (χ2n) is 7.18. The van der Waals surface area contributed by atoms with Crippen molar-refractivity contribution in [3.05, 3.63) is 29.3 Å². The van der Waals surface area contributed by atoms with Crippen LogP contribution in [0.5, 0.6) is 0 Å². The zero-order valence-corrected chi connectivity index (χ0v) is 15.2. The van der Waals surface area contributed by atoms with Gasteiger partial charge < -0.3 is 15.5 Å². The molecule has 2 N–H and O–H groups in total. The lowest BCUT2D eigenvalue weighted by Crippen LogP contribution is -2.47. The van der Waals surface area contributed by atoms with Gasteiger partial charge in [-0.25, -0.2) is 9.37 Å². The number of nitrogens with one attached hydrogen (secondary N) is 2. The lowest BCUT2D eigenvalue weighted by molar-refractivity contribution is 0.0966. The molecule has 7 nitrogen and oxygen atoms in total. The van der Waals surface area contributed by atoms with E-state index in [2.05, 4.69) is 39.6 Å². The number of piperidine rings is 1. The van der Waals surface area contributed by atoms with Crippen LogP contribution in [0.3, 0.4) is 0 Å². The first kappa shape index (κ1) is 17.0. The van der Waals surface area contributed by atoms with Gasteiger partial charge in [0, 0.05) is 43.0 Å². The molecule has 0 saturated carbocycles. The van der Waals surface area contributed by atoms with E-state index >= 15 is 4.39 Å². The van der Waals surface area contributed by atoms with Crippen LogP contribution in [-0.2, 0) is 13.6 Å². The zero-order valence-electron chi connectivity index (χ0n) is 15.2. The van der Waals surface area contributed by atoms with E-state index in [1.54, 1.807) is 24.1 Å². The SMILES string of the molecule is C[C@@H]1[C@H](Nc2nc(-c3cnn(C)c3)c3c(c2F)CNC3=O)CCCN1C. The van der Waals surface area contributed by atoms with E-state index in [4.69, 9.17) is 0 Å². The van der Waals surface area contributed by atoms with Crippen molar-refractivity contribution in [3.63, 3.8) is 0 Å². The summed E-state index contributed by atoms with van der Waals surface area (Å²) in [5.41, 5.74) is 1.87. The Morgan fingerprint density at radius 2 is 2.19 bits per heavy atom. The third kappa shape index (κ3) is 2.74. The van der Waals surface area contributed by atoms with Crippen molar-refractivity contribution in [2.45, 2.75) is 38.4 Å². The molecule has 138 valence electrons. The molecule has 2 atom stereocenters. The van der Waals surface area contributed by atoms with Crippen LogP contribution in [0.25, 0.3) is 11.3 Å². The zero-order chi connectivity index (χ0) is 18.4. The Morgan fingerprint density at radius 3 is 2.92 bits per heavy atom. The molecule has 1 amide bonds. The van der Waals surface area contributed by atoms with Gasteiger partial charge in [0.05, 0.1) is 17.5 Å². The minimum atomic E-state index is -0.439. The molecule has 0 radical (unpaired) electrons. The van der Waals surface area contributed by atoms with E-state index in [-0.39, 0.29) is 30.4 Å². The van der Waals surface area contributed by atoms with E-state index in [0.717, 1.165) is 19.4 Å². The molecule has 1 saturated heterocycles. The van der Waals surface area contributed by atoms with E-state index < -0.39 is 5.82 Å². The molecule has 0 unspecified atom stereocenters. The number of aryl methyl sites for hydroxylation is 1. The Balaban J connectivity index is 1.77. The molecule has 26 heavy (non-hydrogen) atoms. The molecule has 2 aromatic heterocycles. The first-order chi connectivity index (χ1) is 12.5. The standard InChI is InChI=1S/C18H23FN6O/c1-10-13(5-4-6-24(10)2)22-17-15(19)12-8-20-18(26)14(12)16(23-17)11-7-21-25(3)9-11/h7,9-10,13H,4-6,8H2,1-3H3,(H,20,26)(H,22,23)/t10-,13-/m1/s1. The normalized spacial score (nSPS) is 23.0. The molecule has 4 heterocycles. The number of fused-ring (bicyclic) bond motifs is 1. The molecule has 2 aliphatic rings. The summed E-state index contributed by atoms with van der Waals surface area (Å²) in [6.07, 6.45) is 5.45. The Hall–Kier alpha value is -2.48. The number of rotatable bonds is 3. The fourth-order valence-corrected chi connectivity index (χ4v) is 3.81. The molecule has 2 aliphatic heterocycles. The van der Waals surface area contributed by atoms with Crippen LogP contribution in [0, 0.1) is 5.82 Å². The number of hydrogen-bond acceptors (Lipinski definition) is 5. The van der Waals surface area contributed by atoms with Gasteiger partial charge in [-0.1, -0.05) is 0 Å². The van der Waals surface area contributed by atoms with Crippen molar-refractivity contribution < 1.29 is 9.18 Å². The molecule has 4 rings (SSSR count). The highest BCUT2D eigenvalue weighted by molar-refractivity contribution is 6.04. The van der Waals surface area contributed by atoms with Crippen LogP contribution in [0.1, 0.15) is 35.7 Å². The summed E-state index contributed by atoms with van der Waals surface area (Å²) < 4.78 is 16.7. The monoisotopic (exact) mass is 358 g/mol. The third-order valence-corrected chi connectivity index (χ3v) is 5.49. The fourth-order valence-electron chi connectivity index (χ4n) is 3.81. The van der Waals surface area contributed by atoms with Crippen LogP contribution in [-0.4, -0.2) is 51.2 Å². The highest BCUT2D eigenvalue weighted by Crippen LogP contribution is 2.33. The number of likely N-dealkylation sites (tertiary alicyclic amines) is 1. The van der Waals surface area contributed by atoms with Gasteiger partial charge in [-0.05, 0) is 33.4 Å². The number of likely N-dealkylation sites (N-methyl/N-ethyl adjacent to an activating group) is 1. The molecule has 0 bridgehead atoms.